The van der Waals surface area contributed by atoms with Gasteiger partial charge in [0.25, 0.3) is 11.8 Å². The van der Waals surface area contributed by atoms with Crippen LogP contribution in [0.4, 0.5) is 11.5 Å². The summed E-state index contributed by atoms with van der Waals surface area (Å²) in [6, 6.07) is 7.60. The standard InChI is InChI=1S/C24H24N6O4.C2H6/c1-28-18-5-3-15(7-16(18)4-6-22(28)31)17-9-25-10-20(26-17)29-11-24(12-29)13-30(14-24)23(32)19-8-21(33-2)27-34-19;1-2/h3,5,7-10H,4,6,11-14H2,1-2H3;1-2H3. The third kappa shape index (κ3) is 4.06. The van der Waals surface area contributed by atoms with Gasteiger partial charge in [-0.05, 0) is 29.3 Å². The second kappa shape index (κ2) is 9.25. The van der Waals surface area contributed by atoms with Crippen molar-refractivity contribution in [3.05, 3.63) is 48.0 Å². The number of rotatable bonds is 4. The Morgan fingerprint density at radius 3 is 2.58 bits per heavy atom. The quantitative estimate of drug-likeness (QED) is 0.550. The van der Waals surface area contributed by atoms with Crippen molar-refractivity contribution in [2.24, 2.45) is 5.41 Å². The van der Waals surface area contributed by atoms with E-state index in [1.807, 2.05) is 33.0 Å². The van der Waals surface area contributed by atoms with E-state index in [4.69, 9.17) is 14.2 Å². The van der Waals surface area contributed by atoms with Crippen LogP contribution in [0.1, 0.15) is 36.4 Å². The molecule has 0 bridgehead atoms. The number of carbonyl (C=O) groups is 2. The van der Waals surface area contributed by atoms with Crippen molar-refractivity contribution >= 4 is 23.3 Å². The molecule has 0 aliphatic carbocycles. The zero-order valence-corrected chi connectivity index (χ0v) is 21.0. The molecule has 2 amide bonds. The molecule has 1 spiro atoms. The zero-order chi connectivity index (χ0) is 25.4. The SMILES string of the molecule is CC.COc1cc(C(=O)N2CC3(C2)CN(c2cncc(-c4ccc5c(c4)CCC(=O)N5C)n2)C3)on1. The molecular weight excluding hydrogens is 460 g/mol. The third-order valence-electron chi connectivity index (χ3n) is 6.97. The summed E-state index contributed by atoms with van der Waals surface area (Å²) in [5, 5.41) is 3.70. The van der Waals surface area contributed by atoms with Gasteiger partial charge in [0.05, 0.1) is 31.3 Å². The van der Waals surface area contributed by atoms with E-state index in [0.29, 0.717) is 25.4 Å². The molecule has 3 aromatic rings. The predicted molar refractivity (Wildman–Crippen MR) is 134 cm³/mol. The van der Waals surface area contributed by atoms with Gasteiger partial charge in [-0.1, -0.05) is 19.9 Å². The number of fused-ring (bicyclic) bond motifs is 1. The van der Waals surface area contributed by atoms with E-state index in [1.54, 1.807) is 22.2 Å². The van der Waals surface area contributed by atoms with Crippen molar-refractivity contribution in [1.82, 2.24) is 20.0 Å². The van der Waals surface area contributed by atoms with E-state index in [2.05, 4.69) is 21.1 Å². The largest absolute Gasteiger partial charge is 0.479 e. The Labute approximate surface area is 209 Å². The first-order valence-corrected chi connectivity index (χ1v) is 12.2. The minimum atomic E-state index is -0.165. The number of hydrogen-bond acceptors (Lipinski definition) is 8. The maximum Gasteiger partial charge on any atom is 0.292 e. The summed E-state index contributed by atoms with van der Waals surface area (Å²) in [5.74, 6) is 1.30. The monoisotopic (exact) mass is 490 g/mol. The molecule has 0 N–H and O–H groups in total. The summed E-state index contributed by atoms with van der Waals surface area (Å²) in [6.07, 6.45) is 4.82. The normalized spacial score (nSPS) is 17.6. The molecule has 0 unspecified atom stereocenters. The van der Waals surface area contributed by atoms with Crippen molar-refractivity contribution in [3.8, 4) is 17.1 Å². The Morgan fingerprint density at radius 2 is 1.86 bits per heavy atom. The van der Waals surface area contributed by atoms with Gasteiger partial charge in [0.2, 0.25) is 11.7 Å². The van der Waals surface area contributed by atoms with Gasteiger partial charge in [0.15, 0.2) is 0 Å². The van der Waals surface area contributed by atoms with E-state index in [0.717, 1.165) is 47.8 Å². The second-order valence-corrected chi connectivity index (χ2v) is 9.31. The van der Waals surface area contributed by atoms with Gasteiger partial charge in [0, 0.05) is 56.3 Å². The van der Waals surface area contributed by atoms with Crippen LogP contribution in [-0.2, 0) is 11.2 Å². The molecule has 6 rings (SSSR count). The molecule has 36 heavy (non-hydrogen) atoms. The fourth-order valence-corrected chi connectivity index (χ4v) is 5.11. The molecule has 0 atom stereocenters. The average Bonchev–Trinajstić information content (AvgIpc) is 3.35. The van der Waals surface area contributed by atoms with Crippen LogP contribution < -0.4 is 14.5 Å². The van der Waals surface area contributed by atoms with Crippen LogP contribution in [0.25, 0.3) is 11.3 Å². The first-order chi connectivity index (χ1) is 17.4. The Morgan fingerprint density at radius 1 is 1.08 bits per heavy atom. The molecule has 3 aliphatic heterocycles. The van der Waals surface area contributed by atoms with Gasteiger partial charge in [-0.25, -0.2) is 4.98 Å². The van der Waals surface area contributed by atoms with Gasteiger partial charge < -0.3 is 24.0 Å². The number of nitrogens with zero attached hydrogens (tertiary/aromatic N) is 6. The predicted octanol–water partition coefficient (Wildman–Crippen LogP) is 3.04. The third-order valence-corrected chi connectivity index (χ3v) is 6.97. The molecule has 10 nitrogen and oxygen atoms in total. The summed E-state index contributed by atoms with van der Waals surface area (Å²) in [7, 11) is 3.30. The molecule has 2 saturated heterocycles. The van der Waals surface area contributed by atoms with E-state index >= 15 is 0 Å². The highest BCUT2D eigenvalue weighted by molar-refractivity contribution is 5.96. The number of likely N-dealkylation sites (tertiary alicyclic amines) is 1. The fraction of sp³-hybridized carbons (Fsp3) is 0.423. The average molecular weight is 491 g/mol. The maximum absolute atomic E-state index is 12.6. The van der Waals surface area contributed by atoms with E-state index in [9.17, 15) is 9.59 Å². The van der Waals surface area contributed by atoms with Crippen molar-refractivity contribution in [1.29, 1.82) is 0 Å². The van der Waals surface area contributed by atoms with Crippen LogP contribution in [0.2, 0.25) is 0 Å². The van der Waals surface area contributed by atoms with Crippen LogP contribution in [0, 0.1) is 5.41 Å². The smallest absolute Gasteiger partial charge is 0.292 e. The van der Waals surface area contributed by atoms with Crippen molar-refractivity contribution in [3.63, 3.8) is 0 Å². The van der Waals surface area contributed by atoms with Crippen molar-refractivity contribution in [2.75, 3.05) is 50.1 Å². The Hall–Kier alpha value is -3.95. The highest BCUT2D eigenvalue weighted by Crippen LogP contribution is 2.42. The van der Waals surface area contributed by atoms with Crippen molar-refractivity contribution in [2.45, 2.75) is 26.7 Å². The molecule has 5 heterocycles. The topological polar surface area (TPSA) is 105 Å². The number of hydrogen-bond donors (Lipinski definition) is 0. The highest BCUT2D eigenvalue weighted by atomic mass is 16.5. The van der Waals surface area contributed by atoms with Crippen LogP contribution in [-0.4, -0.2) is 72.2 Å². The number of aryl methyl sites for hydroxylation is 1. The van der Waals surface area contributed by atoms with Crippen LogP contribution >= 0.6 is 0 Å². The summed E-state index contributed by atoms with van der Waals surface area (Å²) in [5.41, 5.74) is 4.00. The Bertz CT molecular complexity index is 1290. The summed E-state index contributed by atoms with van der Waals surface area (Å²) >= 11 is 0. The van der Waals surface area contributed by atoms with Gasteiger partial charge in [-0.15, -0.1) is 0 Å². The highest BCUT2D eigenvalue weighted by Gasteiger charge is 2.54. The minimum absolute atomic E-state index is 0.0837. The first kappa shape index (κ1) is 23.8. The Balaban J connectivity index is 0.00000130. The molecule has 3 aliphatic rings. The molecule has 0 radical (unpaired) electrons. The second-order valence-electron chi connectivity index (χ2n) is 9.31. The molecule has 2 fully saturated rings. The summed E-state index contributed by atoms with van der Waals surface area (Å²) in [4.78, 5) is 39.5. The van der Waals surface area contributed by atoms with Crippen LogP contribution in [0.15, 0.2) is 41.2 Å². The first-order valence-electron chi connectivity index (χ1n) is 12.2. The van der Waals surface area contributed by atoms with E-state index in [1.165, 1.54) is 13.2 Å². The lowest BCUT2D eigenvalue weighted by molar-refractivity contribution is -0.118. The number of aromatic nitrogens is 3. The zero-order valence-electron chi connectivity index (χ0n) is 21.0. The molecule has 2 aromatic heterocycles. The van der Waals surface area contributed by atoms with Crippen LogP contribution in [0.3, 0.4) is 0 Å². The molecule has 188 valence electrons. The molecular formula is C26H30N6O4. The number of benzene rings is 1. The van der Waals surface area contributed by atoms with E-state index < -0.39 is 0 Å². The number of methoxy groups -OCH3 is 1. The number of amides is 2. The van der Waals surface area contributed by atoms with E-state index in [-0.39, 0.29) is 23.0 Å². The van der Waals surface area contributed by atoms with Gasteiger partial charge >= 0.3 is 0 Å². The van der Waals surface area contributed by atoms with Gasteiger partial charge in [0.1, 0.15) is 5.82 Å². The lowest BCUT2D eigenvalue weighted by Crippen LogP contribution is -2.73. The van der Waals surface area contributed by atoms with Gasteiger partial charge in [-0.2, -0.15) is 0 Å². The molecule has 0 saturated carbocycles. The maximum atomic E-state index is 12.6. The minimum Gasteiger partial charge on any atom is -0.479 e. The molecule has 10 heteroatoms. The summed E-state index contributed by atoms with van der Waals surface area (Å²) in [6.45, 7) is 7.00. The van der Waals surface area contributed by atoms with Crippen molar-refractivity contribution < 1.29 is 18.8 Å². The number of ether oxygens (including phenoxy) is 1. The van der Waals surface area contributed by atoms with Gasteiger partial charge in [-0.3, -0.25) is 14.6 Å². The van der Waals surface area contributed by atoms with Crippen LogP contribution in [0.5, 0.6) is 5.88 Å². The fourth-order valence-electron chi connectivity index (χ4n) is 5.11. The number of anilines is 2. The lowest BCUT2D eigenvalue weighted by Gasteiger charge is -2.60. The Kier molecular flexibility index (Phi) is 6.11. The lowest BCUT2D eigenvalue weighted by atomic mass is 9.72. The summed E-state index contributed by atoms with van der Waals surface area (Å²) < 4.78 is 10.1. The number of carbonyl (C=O) groups excluding carboxylic acids is 2. The molecule has 1 aromatic carbocycles.